The summed E-state index contributed by atoms with van der Waals surface area (Å²) in [5.41, 5.74) is 0.847. The van der Waals surface area contributed by atoms with E-state index in [4.69, 9.17) is 9.47 Å². The Bertz CT molecular complexity index is 1660. The quantitative estimate of drug-likeness (QED) is 0.0911. The zero-order valence-corrected chi connectivity index (χ0v) is 40.4. The molecule has 3 fully saturated rings. The molecule has 63 heavy (non-hydrogen) atoms. The Balaban J connectivity index is 1.42. The number of carboxylic acid groups (broad SMARTS) is 1. The second-order valence-corrected chi connectivity index (χ2v) is 20.2. The third-order valence-electron chi connectivity index (χ3n) is 14.3. The second-order valence-electron chi connectivity index (χ2n) is 18.9. The number of hydrogen-bond acceptors (Lipinski definition) is 10. The van der Waals surface area contributed by atoms with E-state index >= 15 is 0 Å². The highest BCUT2D eigenvalue weighted by atomic mass is 32.2. The first-order chi connectivity index (χ1) is 30.0. The standard InChI is InChI=1S/C49H78N4O9S/c1-10-32(4)44(51(7)48(58)43(31(2)3)50-47(57)45-36-22-23-38(28-36)52(45)24-16-11-12-17-26-63-34(6)54)41(61-8)30-42(56)53-25-18-21-39(53)46(62-9)33(5)40(55)29-37(49(59)60)27-35-19-14-13-15-20-35/h13-15,19-20,31-33,36-39,41,43-46H,10-12,16-18,21-30H2,1-9H3,(H,50,57)(H,59,60)/t32-,33-,36-,37+,38-,39-,41+,43-,44-,45-,46+/m0/s1. The van der Waals surface area contributed by atoms with Gasteiger partial charge in [0.15, 0.2) is 5.12 Å². The van der Waals surface area contributed by atoms with E-state index in [0.717, 1.165) is 75.6 Å². The molecular formula is C49H78N4O9S. The Kier molecular flexibility index (Phi) is 21.1. The van der Waals surface area contributed by atoms with Gasteiger partial charge in [-0.3, -0.25) is 33.7 Å². The number of piperidine rings is 1. The number of carbonyl (C=O) groups excluding carboxylic acids is 5. The molecule has 2 bridgehead atoms. The van der Waals surface area contributed by atoms with Crippen molar-refractivity contribution < 1.29 is 43.3 Å². The molecule has 4 rings (SSSR count). The summed E-state index contributed by atoms with van der Waals surface area (Å²) in [6.45, 7) is 12.7. The van der Waals surface area contributed by atoms with Crippen LogP contribution in [0.2, 0.25) is 0 Å². The van der Waals surface area contributed by atoms with Crippen molar-refractivity contribution in [1.29, 1.82) is 0 Å². The van der Waals surface area contributed by atoms with Crippen LogP contribution >= 0.6 is 11.8 Å². The lowest BCUT2D eigenvalue weighted by molar-refractivity contribution is -0.148. The minimum Gasteiger partial charge on any atom is -0.481 e. The van der Waals surface area contributed by atoms with Crippen molar-refractivity contribution in [1.82, 2.24) is 20.0 Å². The van der Waals surface area contributed by atoms with Crippen molar-refractivity contribution in [3.8, 4) is 0 Å². The maximum atomic E-state index is 14.6. The number of ketones is 1. The van der Waals surface area contributed by atoms with Gasteiger partial charge in [-0.1, -0.05) is 96.0 Å². The summed E-state index contributed by atoms with van der Waals surface area (Å²) in [4.78, 5) is 86.3. The van der Waals surface area contributed by atoms with Gasteiger partial charge >= 0.3 is 5.97 Å². The largest absolute Gasteiger partial charge is 0.481 e. The van der Waals surface area contributed by atoms with Gasteiger partial charge in [-0.15, -0.1) is 0 Å². The van der Waals surface area contributed by atoms with E-state index in [-0.39, 0.29) is 77.7 Å². The normalized spacial score (nSPS) is 23.2. The molecule has 2 heterocycles. The van der Waals surface area contributed by atoms with Gasteiger partial charge in [-0.05, 0) is 81.2 Å². The molecule has 354 valence electrons. The fourth-order valence-corrected chi connectivity index (χ4v) is 11.3. The number of fused-ring (bicyclic) bond motifs is 2. The lowest BCUT2D eigenvalue weighted by Crippen LogP contribution is -2.60. The Morgan fingerprint density at radius 3 is 2.25 bits per heavy atom. The number of hydrogen-bond donors (Lipinski definition) is 2. The third-order valence-corrected chi connectivity index (χ3v) is 15.2. The number of aliphatic carboxylic acids is 1. The Morgan fingerprint density at radius 1 is 0.937 bits per heavy atom. The van der Waals surface area contributed by atoms with E-state index in [1.165, 1.54) is 18.9 Å². The number of benzene rings is 1. The van der Waals surface area contributed by atoms with Gasteiger partial charge in [0.2, 0.25) is 17.7 Å². The first-order valence-electron chi connectivity index (χ1n) is 23.6. The lowest BCUT2D eigenvalue weighted by Gasteiger charge is -2.41. The predicted molar refractivity (Wildman–Crippen MR) is 247 cm³/mol. The van der Waals surface area contributed by atoms with E-state index in [0.29, 0.717) is 19.0 Å². The van der Waals surface area contributed by atoms with Crippen LogP contribution in [0.25, 0.3) is 0 Å². The fourth-order valence-electron chi connectivity index (χ4n) is 10.6. The number of likely N-dealkylation sites (tertiary alicyclic amines) is 2. The molecule has 14 heteroatoms. The van der Waals surface area contributed by atoms with E-state index < -0.39 is 42.1 Å². The molecule has 2 aliphatic heterocycles. The van der Waals surface area contributed by atoms with E-state index in [2.05, 4.69) is 17.1 Å². The Labute approximate surface area is 381 Å². The molecule has 11 atom stereocenters. The average molecular weight is 899 g/mol. The van der Waals surface area contributed by atoms with Gasteiger partial charge in [-0.2, -0.15) is 0 Å². The number of methoxy groups -OCH3 is 2. The van der Waals surface area contributed by atoms with E-state index in [1.807, 2.05) is 51.1 Å². The summed E-state index contributed by atoms with van der Waals surface area (Å²) in [5.74, 6) is -2.35. The fraction of sp³-hybridized carbons (Fsp3) is 0.755. The first kappa shape index (κ1) is 52.3. The van der Waals surface area contributed by atoms with Crippen LogP contribution in [0.1, 0.15) is 124 Å². The second kappa shape index (κ2) is 25.4. The van der Waals surface area contributed by atoms with Gasteiger partial charge in [-0.25, -0.2) is 0 Å². The number of nitrogens with zero attached hydrogens (tertiary/aromatic N) is 3. The van der Waals surface area contributed by atoms with Crippen LogP contribution < -0.4 is 5.32 Å². The van der Waals surface area contributed by atoms with E-state index in [9.17, 15) is 33.9 Å². The lowest BCUT2D eigenvalue weighted by atomic mass is 9.85. The summed E-state index contributed by atoms with van der Waals surface area (Å²) >= 11 is 1.38. The van der Waals surface area contributed by atoms with Crippen LogP contribution in [0.5, 0.6) is 0 Å². The number of rotatable bonds is 27. The van der Waals surface area contributed by atoms with Crippen LogP contribution in [0, 0.1) is 29.6 Å². The Morgan fingerprint density at radius 2 is 1.63 bits per heavy atom. The van der Waals surface area contributed by atoms with Crippen molar-refractivity contribution in [3.63, 3.8) is 0 Å². The van der Waals surface area contributed by atoms with Crippen molar-refractivity contribution in [2.75, 3.05) is 40.1 Å². The molecule has 1 aliphatic carbocycles. The predicted octanol–water partition coefficient (Wildman–Crippen LogP) is 6.64. The van der Waals surface area contributed by atoms with Crippen molar-refractivity contribution in [2.45, 2.75) is 167 Å². The van der Waals surface area contributed by atoms with Crippen LogP contribution in [-0.2, 0) is 44.7 Å². The third kappa shape index (κ3) is 14.1. The Hall–Kier alpha value is -3.33. The number of amides is 3. The first-order valence-corrected chi connectivity index (χ1v) is 24.6. The minimum atomic E-state index is -1.03. The highest BCUT2D eigenvalue weighted by Crippen LogP contribution is 2.43. The summed E-state index contributed by atoms with van der Waals surface area (Å²) in [6.07, 6.45) is 8.12. The maximum absolute atomic E-state index is 14.6. The SMILES string of the molecule is CC[C@H](C)[C@@H]([C@@H](CC(=O)N1CCC[C@H]1[C@H](OC)[C@@H](C)C(=O)C[C@@H](Cc1ccccc1)C(=O)O)OC)N(C)C(=O)[C@@H](NC(=O)[C@@H]1[C@H]2CC[C@@H](C2)N1CCCCCCSC(C)=O)C(C)C. The molecule has 0 unspecified atom stereocenters. The average Bonchev–Trinajstić information content (AvgIpc) is 4.02. The van der Waals surface area contributed by atoms with Gasteiger partial charge in [0.25, 0.3) is 0 Å². The van der Waals surface area contributed by atoms with Crippen molar-refractivity contribution in [3.05, 3.63) is 35.9 Å². The molecule has 1 aromatic rings. The summed E-state index contributed by atoms with van der Waals surface area (Å²) in [5, 5.41) is 13.4. The van der Waals surface area contributed by atoms with Crippen LogP contribution in [0.4, 0.5) is 0 Å². The summed E-state index contributed by atoms with van der Waals surface area (Å²) < 4.78 is 12.0. The van der Waals surface area contributed by atoms with Gasteiger partial charge in [0.05, 0.1) is 42.7 Å². The number of unbranched alkanes of at least 4 members (excludes halogenated alkanes) is 3. The molecule has 3 aliphatic rings. The minimum absolute atomic E-state index is 0.00489. The number of ether oxygens (including phenoxy) is 2. The molecule has 13 nitrogen and oxygen atoms in total. The smallest absolute Gasteiger partial charge is 0.307 e. The van der Waals surface area contributed by atoms with Gasteiger partial charge < -0.3 is 29.7 Å². The number of Topliss-reactive ketones (excluding diaryl/α,β-unsaturated/α-hetero) is 1. The highest BCUT2D eigenvalue weighted by molar-refractivity contribution is 8.13. The zero-order valence-electron chi connectivity index (χ0n) is 39.6. The van der Waals surface area contributed by atoms with Gasteiger partial charge in [0, 0.05) is 58.9 Å². The number of thioether (sulfide) groups is 1. The van der Waals surface area contributed by atoms with Crippen LogP contribution in [-0.4, -0.2) is 137 Å². The molecular weight excluding hydrogens is 821 g/mol. The molecule has 1 saturated carbocycles. The molecule has 0 spiro atoms. The summed E-state index contributed by atoms with van der Waals surface area (Å²) in [6, 6.07) is 7.78. The molecule has 2 saturated heterocycles. The number of likely N-dealkylation sites (N-methyl/N-ethyl adjacent to an activating group) is 1. The zero-order chi connectivity index (χ0) is 46.4. The van der Waals surface area contributed by atoms with Crippen LogP contribution in [0.15, 0.2) is 30.3 Å². The molecule has 0 radical (unpaired) electrons. The molecule has 1 aromatic carbocycles. The molecule has 2 N–H and O–H groups in total. The monoisotopic (exact) mass is 899 g/mol. The van der Waals surface area contributed by atoms with Crippen LogP contribution in [0.3, 0.4) is 0 Å². The summed E-state index contributed by atoms with van der Waals surface area (Å²) in [7, 11) is 4.85. The molecule has 0 aromatic heterocycles. The number of carboxylic acids is 1. The number of nitrogens with one attached hydrogen (secondary N) is 1. The van der Waals surface area contributed by atoms with E-state index in [1.54, 1.807) is 37.8 Å². The highest BCUT2D eigenvalue weighted by Gasteiger charge is 2.50. The molecule has 3 amide bonds. The van der Waals surface area contributed by atoms with Gasteiger partial charge in [0.1, 0.15) is 11.8 Å². The van der Waals surface area contributed by atoms with Crippen molar-refractivity contribution in [2.24, 2.45) is 29.6 Å². The topological polar surface area (TPSA) is 163 Å². The number of carbonyl (C=O) groups is 6. The van der Waals surface area contributed by atoms with Crippen molar-refractivity contribution >= 4 is 46.4 Å². The maximum Gasteiger partial charge on any atom is 0.307 e.